The van der Waals surface area contributed by atoms with Crippen molar-refractivity contribution in [3.8, 4) is 5.75 Å². The Hall–Kier alpha value is -0.620. The summed E-state index contributed by atoms with van der Waals surface area (Å²) in [4.78, 5) is 0. The van der Waals surface area contributed by atoms with Crippen LogP contribution in [0.1, 0.15) is 18.1 Å². The highest BCUT2D eigenvalue weighted by molar-refractivity contribution is 9.10. The molecule has 0 aliphatic carbocycles. The van der Waals surface area contributed by atoms with Crippen LogP contribution in [0.2, 0.25) is 0 Å². The fourth-order valence-electron chi connectivity index (χ4n) is 1.80. The third kappa shape index (κ3) is 5.79. The molecule has 1 atom stereocenters. The molecule has 0 heterocycles. The van der Waals surface area contributed by atoms with Crippen molar-refractivity contribution in [2.24, 2.45) is 0 Å². The molecule has 1 unspecified atom stereocenters. The van der Waals surface area contributed by atoms with Gasteiger partial charge in [0.05, 0.1) is 12.7 Å². The molecule has 1 rings (SSSR count). The van der Waals surface area contributed by atoms with Gasteiger partial charge < -0.3 is 19.5 Å². The third-order valence-corrected chi connectivity index (χ3v) is 3.44. The molecule has 0 aliphatic heterocycles. The number of rotatable bonds is 9. The minimum absolute atomic E-state index is 0.0762. The fourth-order valence-corrected chi connectivity index (χ4v) is 2.42. The molecular formula is C15H24BrNO3. The maximum absolute atomic E-state index is 5.92. The van der Waals surface area contributed by atoms with Crippen molar-refractivity contribution < 1.29 is 14.2 Å². The number of nitrogens with one attached hydrogen (secondary N) is 1. The Morgan fingerprint density at radius 2 is 2.05 bits per heavy atom. The van der Waals surface area contributed by atoms with Gasteiger partial charge in [-0.05, 0) is 31.5 Å². The van der Waals surface area contributed by atoms with Gasteiger partial charge in [-0.1, -0.05) is 15.9 Å². The standard InChI is InChI=1S/C15H24BrNO3/c1-11-7-14(16)8-13(9-17-5-6-18-3)15(11)20-10-12(2)19-4/h7-8,12,17H,5-6,9-10H2,1-4H3. The summed E-state index contributed by atoms with van der Waals surface area (Å²) in [7, 11) is 3.39. The van der Waals surface area contributed by atoms with E-state index in [-0.39, 0.29) is 6.10 Å². The van der Waals surface area contributed by atoms with Crippen molar-refractivity contribution >= 4 is 15.9 Å². The predicted molar refractivity (Wildman–Crippen MR) is 84.4 cm³/mol. The van der Waals surface area contributed by atoms with Gasteiger partial charge in [0.1, 0.15) is 12.4 Å². The van der Waals surface area contributed by atoms with Gasteiger partial charge in [-0.2, -0.15) is 0 Å². The maximum atomic E-state index is 5.92. The second kappa shape index (κ2) is 9.34. The maximum Gasteiger partial charge on any atom is 0.126 e. The first-order valence-electron chi connectivity index (χ1n) is 6.72. The van der Waals surface area contributed by atoms with Crippen LogP contribution in [-0.4, -0.2) is 40.1 Å². The van der Waals surface area contributed by atoms with Crippen LogP contribution < -0.4 is 10.1 Å². The largest absolute Gasteiger partial charge is 0.490 e. The summed E-state index contributed by atoms with van der Waals surface area (Å²) in [5, 5.41) is 3.34. The third-order valence-electron chi connectivity index (χ3n) is 2.98. The lowest BCUT2D eigenvalue weighted by molar-refractivity contribution is 0.0710. The van der Waals surface area contributed by atoms with Gasteiger partial charge in [0, 0.05) is 37.3 Å². The van der Waals surface area contributed by atoms with E-state index in [0.717, 1.165) is 34.4 Å². The van der Waals surface area contributed by atoms with E-state index in [2.05, 4.69) is 40.3 Å². The Balaban J connectivity index is 2.73. The molecular weight excluding hydrogens is 322 g/mol. The van der Waals surface area contributed by atoms with Gasteiger partial charge in [-0.3, -0.25) is 0 Å². The van der Waals surface area contributed by atoms with Crippen molar-refractivity contribution in [2.45, 2.75) is 26.5 Å². The van der Waals surface area contributed by atoms with Gasteiger partial charge in [0.15, 0.2) is 0 Å². The lowest BCUT2D eigenvalue weighted by atomic mass is 10.1. The monoisotopic (exact) mass is 345 g/mol. The summed E-state index contributed by atoms with van der Waals surface area (Å²) in [5.74, 6) is 0.932. The van der Waals surface area contributed by atoms with Crippen LogP contribution in [0.3, 0.4) is 0 Å². The lowest BCUT2D eigenvalue weighted by Gasteiger charge is -2.17. The fraction of sp³-hybridized carbons (Fsp3) is 0.600. The molecule has 0 spiro atoms. The molecule has 0 bridgehead atoms. The van der Waals surface area contributed by atoms with Crippen LogP contribution in [0.4, 0.5) is 0 Å². The number of aryl methyl sites for hydroxylation is 1. The summed E-state index contributed by atoms with van der Waals surface area (Å²) in [6.45, 7) is 6.85. The minimum Gasteiger partial charge on any atom is -0.490 e. The Bertz CT molecular complexity index is 412. The van der Waals surface area contributed by atoms with Crippen LogP contribution in [0, 0.1) is 6.92 Å². The van der Waals surface area contributed by atoms with Crippen molar-refractivity contribution in [2.75, 3.05) is 34.0 Å². The Morgan fingerprint density at radius 1 is 1.30 bits per heavy atom. The van der Waals surface area contributed by atoms with Gasteiger partial charge >= 0.3 is 0 Å². The van der Waals surface area contributed by atoms with Gasteiger partial charge in [0.25, 0.3) is 0 Å². The molecule has 0 saturated heterocycles. The number of benzene rings is 1. The van der Waals surface area contributed by atoms with Crippen LogP contribution in [0.25, 0.3) is 0 Å². The zero-order chi connectivity index (χ0) is 15.0. The molecule has 4 nitrogen and oxygen atoms in total. The first-order chi connectivity index (χ1) is 9.58. The topological polar surface area (TPSA) is 39.7 Å². The molecule has 0 radical (unpaired) electrons. The number of ether oxygens (including phenoxy) is 3. The highest BCUT2D eigenvalue weighted by Gasteiger charge is 2.10. The van der Waals surface area contributed by atoms with Crippen LogP contribution in [-0.2, 0) is 16.0 Å². The van der Waals surface area contributed by atoms with Gasteiger partial charge in [-0.15, -0.1) is 0 Å². The van der Waals surface area contributed by atoms with Crippen molar-refractivity contribution in [1.82, 2.24) is 5.32 Å². The number of halogens is 1. The zero-order valence-electron chi connectivity index (χ0n) is 12.7. The molecule has 0 fully saturated rings. The molecule has 0 aromatic heterocycles. The Morgan fingerprint density at radius 3 is 2.70 bits per heavy atom. The predicted octanol–water partition coefficient (Wildman–Crippen LogP) is 2.91. The molecule has 1 aromatic carbocycles. The average Bonchev–Trinajstić information content (AvgIpc) is 2.42. The van der Waals surface area contributed by atoms with Crippen molar-refractivity contribution in [1.29, 1.82) is 0 Å². The Labute approximate surface area is 129 Å². The first-order valence-corrected chi connectivity index (χ1v) is 7.52. The number of hydrogen-bond donors (Lipinski definition) is 1. The summed E-state index contributed by atoms with van der Waals surface area (Å²) in [6.07, 6.45) is 0.0762. The Kier molecular flexibility index (Phi) is 8.14. The zero-order valence-corrected chi connectivity index (χ0v) is 14.2. The minimum atomic E-state index is 0.0762. The smallest absolute Gasteiger partial charge is 0.126 e. The summed E-state index contributed by atoms with van der Waals surface area (Å²) in [6, 6.07) is 4.14. The van der Waals surface area contributed by atoms with Crippen LogP contribution in [0.5, 0.6) is 5.75 Å². The summed E-state index contributed by atoms with van der Waals surface area (Å²) in [5.41, 5.74) is 2.25. The van der Waals surface area contributed by atoms with E-state index >= 15 is 0 Å². The summed E-state index contributed by atoms with van der Waals surface area (Å²) < 4.78 is 17.2. The van der Waals surface area contributed by atoms with Gasteiger partial charge in [-0.25, -0.2) is 0 Å². The summed E-state index contributed by atoms with van der Waals surface area (Å²) >= 11 is 3.53. The molecule has 20 heavy (non-hydrogen) atoms. The SMILES string of the molecule is COCCNCc1cc(Br)cc(C)c1OCC(C)OC. The quantitative estimate of drug-likeness (QED) is 0.698. The highest BCUT2D eigenvalue weighted by atomic mass is 79.9. The second-order valence-electron chi connectivity index (χ2n) is 4.74. The normalized spacial score (nSPS) is 12.4. The van der Waals surface area contributed by atoms with Crippen molar-refractivity contribution in [3.63, 3.8) is 0 Å². The number of hydrogen-bond acceptors (Lipinski definition) is 4. The molecule has 0 aliphatic rings. The van der Waals surface area contributed by atoms with E-state index in [1.807, 2.05) is 6.92 Å². The van der Waals surface area contributed by atoms with Crippen molar-refractivity contribution in [3.05, 3.63) is 27.7 Å². The van der Waals surface area contributed by atoms with E-state index in [1.54, 1.807) is 14.2 Å². The highest BCUT2D eigenvalue weighted by Crippen LogP contribution is 2.28. The molecule has 1 N–H and O–H groups in total. The van der Waals surface area contributed by atoms with Gasteiger partial charge in [0.2, 0.25) is 0 Å². The molecule has 114 valence electrons. The van der Waals surface area contributed by atoms with E-state index in [9.17, 15) is 0 Å². The molecule has 0 saturated carbocycles. The lowest BCUT2D eigenvalue weighted by Crippen LogP contribution is -2.21. The second-order valence-corrected chi connectivity index (χ2v) is 5.65. The van der Waals surface area contributed by atoms with E-state index in [4.69, 9.17) is 14.2 Å². The molecule has 0 amide bonds. The average molecular weight is 346 g/mol. The number of methoxy groups -OCH3 is 2. The van der Waals surface area contributed by atoms with E-state index in [0.29, 0.717) is 13.2 Å². The van der Waals surface area contributed by atoms with Crippen LogP contribution in [0.15, 0.2) is 16.6 Å². The first kappa shape index (κ1) is 17.4. The van der Waals surface area contributed by atoms with E-state index in [1.165, 1.54) is 0 Å². The molecule has 1 aromatic rings. The molecule has 5 heteroatoms. The van der Waals surface area contributed by atoms with E-state index < -0.39 is 0 Å². The van der Waals surface area contributed by atoms with Crippen LogP contribution >= 0.6 is 15.9 Å².